The van der Waals surface area contributed by atoms with E-state index in [1.54, 1.807) is 6.20 Å². The van der Waals surface area contributed by atoms with Crippen LogP contribution in [0.3, 0.4) is 0 Å². The summed E-state index contributed by atoms with van der Waals surface area (Å²) in [5.41, 5.74) is 8.66. The summed E-state index contributed by atoms with van der Waals surface area (Å²) in [4.78, 5) is 0. The van der Waals surface area contributed by atoms with Gasteiger partial charge in [0.05, 0.1) is 6.54 Å². The predicted octanol–water partition coefficient (Wildman–Crippen LogP) is 2.71. The van der Waals surface area contributed by atoms with Crippen molar-refractivity contribution in [3.8, 4) is 0 Å². The van der Waals surface area contributed by atoms with Crippen molar-refractivity contribution in [2.75, 3.05) is 0 Å². The van der Waals surface area contributed by atoms with Crippen molar-refractivity contribution < 1.29 is 0 Å². The molecule has 3 nitrogen and oxygen atoms in total. The zero-order valence-corrected chi connectivity index (χ0v) is 10.4. The van der Waals surface area contributed by atoms with Gasteiger partial charge in [-0.1, -0.05) is 38.1 Å². The van der Waals surface area contributed by atoms with Crippen LogP contribution in [0.1, 0.15) is 36.9 Å². The van der Waals surface area contributed by atoms with Crippen LogP contribution >= 0.6 is 0 Å². The summed E-state index contributed by atoms with van der Waals surface area (Å²) >= 11 is 0. The van der Waals surface area contributed by atoms with Crippen LogP contribution in [0.2, 0.25) is 0 Å². The standard InChI is InChI=1S/C14H19N3/c1-11(2)12-4-6-13(7-5-12)14(15)10-17-9-3-8-16-17/h3-9,11,14H,10,15H2,1-2H3. The molecule has 1 atom stereocenters. The van der Waals surface area contributed by atoms with Crippen LogP contribution in [-0.2, 0) is 6.54 Å². The molecule has 0 aliphatic heterocycles. The van der Waals surface area contributed by atoms with Gasteiger partial charge in [-0.25, -0.2) is 0 Å². The quantitative estimate of drug-likeness (QED) is 0.876. The summed E-state index contributed by atoms with van der Waals surface area (Å²) in [7, 11) is 0. The highest BCUT2D eigenvalue weighted by molar-refractivity contribution is 5.26. The molecule has 1 unspecified atom stereocenters. The number of nitrogens with zero attached hydrogens (tertiary/aromatic N) is 2. The maximum atomic E-state index is 6.15. The molecule has 0 radical (unpaired) electrons. The van der Waals surface area contributed by atoms with Gasteiger partial charge < -0.3 is 5.73 Å². The van der Waals surface area contributed by atoms with E-state index in [1.165, 1.54) is 5.56 Å². The first-order chi connectivity index (χ1) is 8.16. The van der Waals surface area contributed by atoms with E-state index in [9.17, 15) is 0 Å². The zero-order chi connectivity index (χ0) is 12.3. The van der Waals surface area contributed by atoms with E-state index in [0.29, 0.717) is 12.5 Å². The summed E-state index contributed by atoms with van der Waals surface area (Å²) in [6, 6.07) is 10.4. The Kier molecular flexibility index (Phi) is 3.59. The summed E-state index contributed by atoms with van der Waals surface area (Å²) < 4.78 is 1.86. The first-order valence-electron chi connectivity index (χ1n) is 5.99. The maximum Gasteiger partial charge on any atom is 0.0602 e. The molecule has 2 N–H and O–H groups in total. The second kappa shape index (κ2) is 5.15. The lowest BCUT2D eigenvalue weighted by atomic mass is 9.99. The van der Waals surface area contributed by atoms with Crippen molar-refractivity contribution in [1.29, 1.82) is 0 Å². The van der Waals surface area contributed by atoms with Crippen molar-refractivity contribution in [2.24, 2.45) is 5.73 Å². The molecular formula is C14H19N3. The number of benzene rings is 1. The molecule has 1 heterocycles. The molecule has 0 aliphatic rings. The third-order valence-corrected chi connectivity index (χ3v) is 2.97. The molecule has 0 fully saturated rings. The molecule has 0 spiro atoms. The van der Waals surface area contributed by atoms with Crippen LogP contribution < -0.4 is 5.73 Å². The smallest absolute Gasteiger partial charge is 0.0602 e. The number of aromatic nitrogens is 2. The molecule has 2 rings (SSSR count). The summed E-state index contributed by atoms with van der Waals surface area (Å²) in [5.74, 6) is 0.561. The Morgan fingerprint density at radius 3 is 2.35 bits per heavy atom. The van der Waals surface area contributed by atoms with Crippen LogP contribution in [0.5, 0.6) is 0 Å². The second-order valence-corrected chi connectivity index (χ2v) is 4.66. The van der Waals surface area contributed by atoms with Crippen molar-refractivity contribution in [3.05, 3.63) is 53.9 Å². The Balaban J connectivity index is 2.06. The Hall–Kier alpha value is -1.61. The van der Waals surface area contributed by atoms with Crippen LogP contribution in [0.4, 0.5) is 0 Å². The highest BCUT2D eigenvalue weighted by Gasteiger charge is 2.07. The minimum atomic E-state index is -0.00360. The predicted molar refractivity (Wildman–Crippen MR) is 69.7 cm³/mol. The van der Waals surface area contributed by atoms with Gasteiger partial charge in [-0.2, -0.15) is 5.10 Å². The Morgan fingerprint density at radius 1 is 1.18 bits per heavy atom. The third-order valence-electron chi connectivity index (χ3n) is 2.97. The van der Waals surface area contributed by atoms with Gasteiger partial charge >= 0.3 is 0 Å². The first kappa shape index (κ1) is 11.9. The molecule has 0 saturated heterocycles. The minimum Gasteiger partial charge on any atom is -0.322 e. The van der Waals surface area contributed by atoms with E-state index in [-0.39, 0.29) is 6.04 Å². The van der Waals surface area contributed by atoms with Gasteiger partial charge in [-0.05, 0) is 23.1 Å². The van der Waals surface area contributed by atoms with E-state index in [2.05, 4.69) is 43.2 Å². The lowest BCUT2D eigenvalue weighted by Gasteiger charge is -2.13. The van der Waals surface area contributed by atoms with Crippen molar-refractivity contribution >= 4 is 0 Å². The molecule has 3 heteroatoms. The molecule has 1 aromatic carbocycles. The zero-order valence-electron chi connectivity index (χ0n) is 10.4. The van der Waals surface area contributed by atoms with E-state index in [0.717, 1.165) is 5.56 Å². The fourth-order valence-corrected chi connectivity index (χ4v) is 1.84. The molecule has 1 aromatic heterocycles. The number of rotatable bonds is 4. The van der Waals surface area contributed by atoms with E-state index >= 15 is 0 Å². The van der Waals surface area contributed by atoms with Gasteiger partial charge in [0.1, 0.15) is 0 Å². The van der Waals surface area contributed by atoms with Crippen molar-refractivity contribution in [3.63, 3.8) is 0 Å². The number of hydrogen-bond donors (Lipinski definition) is 1. The monoisotopic (exact) mass is 229 g/mol. The van der Waals surface area contributed by atoms with Gasteiger partial charge in [0.15, 0.2) is 0 Å². The average Bonchev–Trinajstić information content (AvgIpc) is 2.82. The molecular weight excluding hydrogens is 210 g/mol. The van der Waals surface area contributed by atoms with Crippen LogP contribution in [-0.4, -0.2) is 9.78 Å². The van der Waals surface area contributed by atoms with Gasteiger partial charge in [0.25, 0.3) is 0 Å². The number of nitrogens with two attached hydrogens (primary N) is 1. The largest absolute Gasteiger partial charge is 0.322 e. The lowest BCUT2D eigenvalue weighted by Crippen LogP contribution is -2.17. The molecule has 0 amide bonds. The molecule has 17 heavy (non-hydrogen) atoms. The molecule has 0 bridgehead atoms. The second-order valence-electron chi connectivity index (χ2n) is 4.66. The van der Waals surface area contributed by atoms with Crippen LogP contribution in [0, 0.1) is 0 Å². The van der Waals surface area contributed by atoms with E-state index in [1.807, 2.05) is 16.9 Å². The normalized spacial score (nSPS) is 12.9. The third kappa shape index (κ3) is 2.94. The Morgan fingerprint density at radius 2 is 1.82 bits per heavy atom. The highest BCUT2D eigenvalue weighted by Crippen LogP contribution is 2.18. The summed E-state index contributed by atoms with van der Waals surface area (Å²) in [6.45, 7) is 5.10. The fraction of sp³-hybridized carbons (Fsp3) is 0.357. The van der Waals surface area contributed by atoms with Crippen molar-refractivity contribution in [1.82, 2.24) is 9.78 Å². The van der Waals surface area contributed by atoms with E-state index < -0.39 is 0 Å². The Labute approximate surface area is 102 Å². The van der Waals surface area contributed by atoms with Crippen LogP contribution in [0.25, 0.3) is 0 Å². The molecule has 0 saturated carbocycles. The topological polar surface area (TPSA) is 43.8 Å². The van der Waals surface area contributed by atoms with Gasteiger partial charge in [0.2, 0.25) is 0 Å². The number of hydrogen-bond acceptors (Lipinski definition) is 2. The molecule has 90 valence electrons. The van der Waals surface area contributed by atoms with Gasteiger partial charge in [0, 0.05) is 18.4 Å². The van der Waals surface area contributed by atoms with Crippen LogP contribution in [0.15, 0.2) is 42.7 Å². The summed E-state index contributed by atoms with van der Waals surface area (Å²) in [5, 5.41) is 4.16. The van der Waals surface area contributed by atoms with Crippen molar-refractivity contribution in [2.45, 2.75) is 32.4 Å². The van der Waals surface area contributed by atoms with Gasteiger partial charge in [-0.15, -0.1) is 0 Å². The average molecular weight is 229 g/mol. The maximum absolute atomic E-state index is 6.15. The lowest BCUT2D eigenvalue weighted by molar-refractivity contribution is 0.527. The fourth-order valence-electron chi connectivity index (χ4n) is 1.84. The first-order valence-corrected chi connectivity index (χ1v) is 5.99. The molecule has 0 aliphatic carbocycles. The Bertz CT molecular complexity index is 443. The minimum absolute atomic E-state index is 0.00360. The highest BCUT2D eigenvalue weighted by atomic mass is 15.3. The SMILES string of the molecule is CC(C)c1ccc(C(N)Cn2cccn2)cc1. The van der Waals surface area contributed by atoms with E-state index in [4.69, 9.17) is 5.73 Å². The summed E-state index contributed by atoms with van der Waals surface area (Å²) in [6.07, 6.45) is 3.71. The molecule has 2 aromatic rings. The van der Waals surface area contributed by atoms with Gasteiger partial charge in [-0.3, -0.25) is 4.68 Å².